The number of amides is 1. The van der Waals surface area contributed by atoms with E-state index in [1.807, 2.05) is 0 Å². The SMILES string of the molecule is CC(=O)N[C@@H](C1CCC1)[C@@H](O)C(=O)O[C@H]1C[C@@]2(O)[C@@H](OC(C)=O)[C@@H]3[C@]4(O)CO[C@@H]4C[C@H](O)[C@@]3(C)C(=O)[C@H](O)C(=C1C)C2(C)C. The van der Waals surface area contributed by atoms with Gasteiger partial charge < -0.3 is 45.1 Å². The van der Waals surface area contributed by atoms with E-state index < -0.39 is 101 Å². The minimum atomic E-state index is -2.17. The molecular formula is C31H45NO12. The van der Waals surface area contributed by atoms with Crippen molar-refractivity contribution in [3.8, 4) is 0 Å². The summed E-state index contributed by atoms with van der Waals surface area (Å²) in [4.78, 5) is 52.2. The second-order valence-electron chi connectivity index (χ2n) is 14.2. The number of fused-ring (bicyclic) bond motifs is 5. The first-order valence-corrected chi connectivity index (χ1v) is 15.3. The topological polar surface area (TPSA) is 209 Å². The van der Waals surface area contributed by atoms with E-state index in [1.165, 1.54) is 20.8 Å². The maximum Gasteiger partial charge on any atom is 0.337 e. The number of carbonyl (C=O) groups excluding carboxylic acids is 4. The smallest absolute Gasteiger partial charge is 0.337 e. The number of Topliss-reactive ketones (excluding diaryl/α,β-unsaturated/α-hetero) is 1. The van der Waals surface area contributed by atoms with Crippen LogP contribution >= 0.6 is 0 Å². The molecule has 0 unspecified atom stereocenters. The minimum Gasteiger partial charge on any atom is -0.459 e. The van der Waals surface area contributed by atoms with Crippen LogP contribution in [0, 0.1) is 22.7 Å². The van der Waals surface area contributed by atoms with Crippen LogP contribution in [0.4, 0.5) is 0 Å². The average Bonchev–Trinajstić information content (AvgIpc) is 2.89. The highest BCUT2D eigenvalue weighted by Crippen LogP contribution is 2.63. The van der Waals surface area contributed by atoms with E-state index in [2.05, 4.69) is 5.32 Å². The summed E-state index contributed by atoms with van der Waals surface area (Å²) in [6.45, 7) is 8.19. The maximum atomic E-state index is 14.3. The van der Waals surface area contributed by atoms with Crippen molar-refractivity contribution in [2.75, 3.05) is 6.61 Å². The van der Waals surface area contributed by atoms with E-state index in [-0.39, 0.29) is 30.1 Å². The van der Waals surface area contributed by atoms with Gasteiger partial charge in [-0.1, -0.05) is 20.3 Å². The van der Waals surface area contributed by atoms with E-state index >= 15 is 0 Å². The van der Waals surface area contributed by atoms with Crippen LogP contribution in [0.3, 0.4) is 0 Å². The molecule has 1 saturated heterocycles. The lowest BCUT2D eigenvalue weighted by atomic mass is 9.45. The van der Waals surface area contributed by atoms with Gasteiger partial charge in [0.1, 0.15) is 29.5 Å². The number of hydrogen-bond donors (Lipinski definition) is 6. The van der Waals surface area contributed by atoms with Gasteiger partial charge >= 0.3 is 11.9 Å². The summed E-state index contributed by atoms with van der Waals surface area (Å²) >= 11 is 0. The molecule has 0 radical (unpaired) electrons. The molecule has 0 spiro atoms. The number of nitrogens with one attached hydrogen (secondary N) is 1. The molecule has 5 aliphatic rings. The Kier molecular flexibility index (Phi) is 8.12. The van der Waals surface area contributed by atoms with Gasteiger partial charge in [-0.25, -0.2) is 4.79 Å². The summed E-state index contributed by atoms with van der Waals surface area (Å²) in [5.41, 5.74) is -7.08. The van der Waals surface area contributed by atoms with Gasteiger partial charge in [-0.05, 0) is 43.8 Å². The van der Waals surface area contributed by atoms with Crippen LogP contribution < -0.4 is 5.32 Å². The third-order valence-corrected chi connectivity index (χ3v) is 11.5. The van der Waals surface area contributed by atoms with Gasteiger partial charge in [0, 0.05) is 38.0 Å². The lowest BCUT2D eigenvalue weighted by Gasteiger charge is -2.66. The molecule has 0 aromatic rings. The first-order valence-electron chi connectivity index (χ1n) is 15.3. The predicted molar refractivity (Wildman–Crippen MR) is 150 cm³/mol. The van der Waals surface area contributed by atoms with Crippen molar-refractivity contribution in [3.63, 3.8) is 0 Å². The highest BCUT2D eigenvalue weighted by molar-refractivity contribution is 5.93. The zero-order valence-electron chi connectivity index (χ0n) is 26.0. The molecule has 5 rings (SSSR count). The van der Waals surface area contributed by atoms with E-state index in [0.717, 1.165) is 13.3 Å². The Balaban J connectivity index is 1.62. The molecule has 3 saturated carbocycles. The van der Waals surface area contributed by atoms with Crippen molar-refractivity contribution in [3.05, 3.63) is 11.1 Å². The van der Waals surface area contributed by atoms with E-state index in [4.69, 9.17) is 14.2 Å². The Morgan fingerprint density at radius 3 is 2.20 bits per heavy atom. The monoisotopic (exact) mass is 623 g/mol. The highest BCUT2D eigenvalue weighted by atomic mass is 16.6. The fourth-order valence-corrected chi connectivity index (χ4v) is 8.64. The Morgan fingerprint density at radius 2 is 1.70 bits per heavy atom. The first kappa shape index (κ1) is 33.0. The van der Waals surface area contributed by atoms with Crippen LogP contribution in [-0.4, -0.2) is 110 Å². The molecule has 1 aliphatic heterocycles. The molecule has 0 aromatic carbocycles. The minimum absolute atomic E-state index is 0.0175. The van der Waals surface area contributed by atoms with Gasteiger partial charge in [0.15, 0.2) is 11.9 Å². The van der Waals surface area contributed by atoms with E-state index in [9.17, 15) is 44.7 Å². The largest absolute Gasteiger partial charge is 0.459 e. The van der Waals surface area contributed by atoms with Crippen LogP contribution in [-0.2, 0) is 33.4 Å². The number of carbonyl (C=O) groups is 4. The Morgan fingerprint density at radius 1 is 1.07 bits per heavy atom. The first-order chi connectivity index (χ1) is 20.3. The molecule has 4 aliphatic carbocycles. The van der Waals surface area contributed by atoms with Crippen LogP contribution in [0.15, 0.2) is 11.1 Å². The molecular weight excluding hydrogens is 578 g/mol. The molecule has 1 heterocycles. The molecule has 13 heteroatoms. The number of ketones is 1. The van der Waals surface area contributed by atoms with Crippen molar-refractivity contribution in [1.29, 1.82) is 0 Å². The average molecular weight is 624 g/mol. The molecule has 11 atom stereocenters. The highest BCUT2D eigenvalue weighted by Gasteiger charge is 2.76. The van der Waals surface area contributed by atoms with E-state index in [1.54, 1.807) is 13.8 Å². The van der Waals surface area contributed by atoms with Crippen molar-refractivity contribution in [2.45, 2.75) is 128 Å². The summed E-state index contributed by atoms with van der Waals surface area (Å²) in [7, 11) is 0. The summed E-state index contributed by atoms with van der Waals surface area (Å²) in [5, 5.41) is 61.4. The molecule has 2 bridgehead atoms. The maximum absolute atomic E-state index is 14.3. The van der Waals surface area contributed by atoms with Crippen molar-refractivity contribution >= 4 is 23.6 Å². The molecule has 13 nitrogen and oxygen atoms in total. The fourth-order valence-electron chi connectivity index (χ4n) is 8.64. The number of aliphatic hydroxyl groups is 5. The summed E-state index contributed by atoms with van der Waals surface area (Å²) in [5.74, 6) is -4.74. The quantitative estimate of drug-likeness (QED) is 0.162. The van der Waals surface area contributed by atoms with Gasteiger partial charge in [-0.2, -0.15) is 0 Å². The van der Waals surface area contributed by atoms with Crippen molar-refractivity contribution < 1.29 is 58.9 Å². The zero-order valence-corrected chi connectivity index (χ0v) is 26.0. The third-order valence-electron chi connectivity index (χ3n) is 11.5. The molecule has 0 aromatic heterocycles. The fraction of sp³-hybridized carbons (Fsp3) is 0.806. The molecule has 246 valence electrons. The van der Waals surface area contributed by atoms with Crippen LogP contribution in [0.5, 0.6) is 0 Å². The number of esters is 2. The van der Waals surface area contributed by atoms with Crippen LogP contribution in [0.25, 0.3) is 0 Å². The molecule has 1 amide bonds. The lowest BCUT2D eigenvalue weighted by Crippen LogP contribution is -2.81. The Labute approximate surface area is 255 Å². The van der Waals surface area contributed by atoms with Gasteiger partial charge in [0.2, 0.25) is 5.91 Å². The normalized spacial score (nSPS) is 42.7. The molecule has 4 fully saturated rings. The Bertz CT molecular complexity index is 1280. The van der Waals surface area contributed by atoms with Crippen molar-refractivity contribution in [2.24, 2.45) is 22.7 Å². The van der Waals surface area contributed by atoms with Crippen LogP contribution in [0.1, 0.15) is 73.6 Å². The standard InChI is InChI=1S/C31H45NO12/c1-13-17(44-27(39)23(37)21(32-14(2)33)16-8-7-9-16)11-31(41)26(43-15(3)34)24-29(6,18(35)10-19-30(24,40)12-42-19)25(38)22(36)20(13)28(31,4)5/h16-19,21-24,26,35-37,40-41H,7-12H2,1-6H3,(H,32,33)/t17-,18-,19+,21-,22+,23+,24-,26-,29+,30-,31+/m0/s1. The lowest BCUT2D eigenvalue weighted by molar-refractivity contribution is -0.345. The Hall–Kier alpha value is -2.42. The third kappa shape index (κ3) is 4.57. The summed E-state index contributed by atoms with van der Waals surface area (Å²) < 4.78 is 17.1. The predicted octanol–water partition coefficient (Wildman–Crippen LogP) is -0.566. The number of ether oxygens (including phenoxy) is 3. The van der Waals surface area contributed by atoms with Gasteiger partial charge in [0.05, 0.1) is 30.3 Å². The van der Waals surface area contributed by atoms with E-state index in [0.29, 0.717) is 12.8 Å². The zero-order chi connectivity index (χ0) is 32.7. The van der Waals surface area contributed by atoms with Crippen LogP contribution in [0.2, 0.25) is 0 Å². The summed E-state index contributed by atoms with van der Waals surface area (Å²) in [6.07, 6.45) is -7.14. The number of hydrogen-bond acceptors (Lipinski definition) is 12. The van der Waals surface area contributed by atoms with Gasteiger partial charge in [-0.3, -0.25) is 14.4 Å². The second-order valence-corrected chi connectivity index (χ2v) is 14.2. The second kappa shape index (κ2) is 10.8. The van der Waals surface area contributed by atoms with Gasteiger partial charge in [0.25, 0.3) is 0 Å². The number of rotatable bonds is 6. The van der Waals surface area contributed by atoms with Crippen molar-refractivity contribution in [1.82, 2.24) is 5.32 Å². The van der Waals surface area contributed by atoms with Gasteiger partial charge in [-0.15, -0.1) is 0 Å². The number of aliphatic hydroxyl groups excluding tert-OH is 3. The summed E-state index contributed by atoms with van der Waals surface area (Å²) in [6, 6.07) is -0.898. The molecule has 6 N–H and O–H groups in total. The molecule has 44 heavy (non-hydrogen) atoms.